The normalized spacial score (nSPS) is 10.6. The number of rotatable bonds is 5. The summed E-state index contributed by atoms with van der Waals surface area (Å²) in [6, 6.07) is 10.5. The topological polar surface area (TPSA) is 75.4 Å². The molecular formula is C16H18N2O3. The fourth-order valence-electron chi connectivity index (χ4n) is 2.28. The molecule has 0 bridgehead atoms. The molecule has 0 aliphatic rings. The summed E-state index contributed by atoms with van der Waals surface area (Å²) >= 11 is 0. The van der Waals surface area contributed by atoms with Crippen molar-refractivity contribution in [3.8, 4) is 5.75 Å². The largest absolute Gasteiger partial charge is 0.507 e. The Kier molecular flexibility index (Phi) is 4.55. The lowest BCUT2D eigenvalue weighted by Gasteiger charge is -2.09. The molecule has 2 aromatic carbocycles. The lowest BCUT2D eigenvalue weighted by Crippen LogP contribution is -2.13. The van der Waals surface area contributed by atoms with Gasteiger partial charge in [0.15, 0.2) is 0 Å². The molecule has 0 radical (unpaired) electrons. The number of nitrogens with zero attached hydrogens (tertiary/aromatic N) is 1. The average molecular weight is 286 g/mol. The standard InChI is InChI=1S/C16H18N2O3/c1-11-6-14(7-12(2)16(11)19)10-17-9-13-4-3-5-15(8-13)18(20)21/h3-8,17,19H,9-10H2,1-2H3. The van der Waals surface area contributed by atoms with Crippen molar-refractivity contribution in [3.05, 3.63) is 68.8 Å². The maximum atomic E-state index is 10.7. The van der Waals surface area contributed by atoms with Crippen molar-refractivity contribution < 1.29 is 10.0 Å². The summed E-state index contributed by atoms with van der Waals surface area (Å²) < 4.78 is 0. The lowest BCUT2D eigenvalue weighted by molar-refractivity contribution is -0.384. The fourth-order valence-corrected chi connectivity index (χ4v) is 2.28. The third kappa shape index (κ3) is 3.79. The molecule has 0 fully saturated rings. The van der Waals surface area contributed by atoms with Crippen molar-refractivity contribution in [2.45, 2.75) is 26.9 Å². The van der Waals surface area contributed by atoms with Crippen molar-refractivity contribution in [2.75, 3.05) is 0 Å². The van der Waals surface area contributed by atoms with Crippen molar-refractivity contribution in [1.29, 1.82) is 0 Å². The summed E-state index contributed by atoms with van der Waals surface area (Å²) in [5.41, 5.74) is 3.75. The van der Waals surface area contributed by atoms with Crippen LogP contribution in [-0.4, -0.2) is 10.0 Å². The number of nitro groups is 1. The average Bonchev–Trinajstić information content (AvgIpc) is 2.45. The molecule has 0 aliphatic heterocycles. The lowest BCUT2D eigenvalue weighted by atomic mass is 10.1. The number of phenols is 1. The summed E-state index contributed by atoms with van der Waals surface area (Å²) in [6.45, 7) is 4.93. The van der Waals surface area contributed by atoms with Crippen LogP contribution in [0.4, 0.5) is 5.69 Å². The first-order chi connectivity index (χ1) is 9.97. The molecule has 5 nitrogen and oxygen atoms in total. The van der Waals surface area contributed by atoms with Gasteiger partial charge in [0.1, 0.15) is 5.75 Å². The van der Waals surface area contributed by atoms with E-state index in [2.05, 4.69) is 5.32 Å². The van der Waals surface area contributed by atoms with E-state index in [1.165, 1.54) is 6.07 Å². The number of aryl methyl sites for hydroxylation is 2. The monoisotopic (exact) mass is 286 g/mol. The summed E-state index contributed by atoms with van der Waals surface area (Å²) in [5, 5.41) is 23.7. The van der Waals surface area contributed by atoms with Crippen LogP contribution in [0.3, 0.4) is 0 Å². The molecular weight excluding hydrogens is 268 g/mol. The van der Waals surface area contributed by atoms with Crippen LogP contribution in [-0.2, 0) is 13.1 Å². The van der Waals surface area contributed by atoms with Gasteiger partial charge in [-0.3, -0.25) is 10.1 Å². The predicted octanol–water partition coefficient (Wildman–Crippen LogP) is 3.21. The molecule has 0 heterocycles. The maximum Gasteiger partial charge on any atom is 0.269 e. The van der Waals surface area contributed by atoms with Crippen molar-refractivity contribution in [2.24, 2.45) is 0 Å². The number of aromatic hydroxyl groups is 1. The number of nitro benzene ring substituents is 1. The highest BCUT2D eigenvalue weighted by Crippen LogP contribution is 2.22. The van der Waals surface area contributed by atoms with E-state index in [4.69, 9.17) is 0 Å². The molecule has 0 aromatic heterocycles. The van der Waals surface area contributed by atoms with Gasteiger partial charge in [0.25, 0.3) is 5.69 Å². The quantitative estimate of drug-likeness (QED) is 0.653. The second kappa shape index (κ2) is 6.37. The molecule has 2 N–H and O–H groups in total. The molecule has 2 rings (SSSR count). The molecule has 0 saturated heterocycles. The van der Waals surface area contributed by atoms with Gasteiger partial charge in [0.05, 0.1) is 4.92 Å². The van der Waals surface area contributed by atoms with Gasteiger partial charge in [-0.05, 0) is 36.1 Å². The number of nitrogens with one attached hydrogen (secondary N) is 1. The third-order valence-corrected chi connectivity index (χ3v) is 3.33. The zero-order valence-corrected chi connectivity index (χ0v) is 12.1. The minimum Gasteiger partial charge on any atom is -0.507 e. The minimum absolute atomic E-state index is 0.102. The molecule has 2 aromatic rings. The fraction of sp³-hybridized carbons (Fsp3) is 0.250. The number of benzene rings is 2. The second-order valence-corrected chi connectivity index (χ2v) is 5.11. The number of hydrogen-bond acceptors (Lipinski definition) is 4. The molecule has 5 heteroatoms. The van der Waals surface area contributed by atoms with Gasteiger partial charge in [0, 0.05) is 25.2 Å². The molecule has 0 saturated carbocycles. The SMILES string of the molecule is Cc1cc(CNCc2cccc([N+](=O)[O-])c2)cc(C)c1O. The zero-order chi connectivity index (χ0) is 15.4. The Hall–Kier alpha value is -2.40. The van der Waals surface area contributed by atoms with Gasteiger partial charge in [0.2, 0.25) is 0 Å². The smallest absolute Gasteiger partial charge is 0.269 e. The van der Waals surface area contributed by atoms with Crippen LogP contribution >= 0.6 is 0 Å². The number of non-ortho nitro benzene ring substituents is 1. The van der Waals surface area contributed by atoms with Gasteiger partial charge in [-0.1, -0.05) is 24.3 Å². The third-order valence-electron chi connectivity index (χ3n) is 3.33. The Balaban J connectivity index is 1.98. The van der Waals surface area contributed by atoms with Crippen LogP contribution in [0, 0.1) is 24.0 Å². The van der Waals surface area contributed by atoms with Crippen molar-refractivity contribution in [3.63, 3.8) is 0 Å². The van der Waals surface area contributed by atoms with E-state index in [9.17, 15) is 15.2 Å². The van der Waals surface area contributed by atoms with Gasteiger partial charge in [-0.15, -0.1) is 0 Å². The summed E-state index contributed by atoms with van der Waals surface area (Å²) in [6.07, 6.45) is 0. The maximum absolute atomic E-state index is 10.7. The number of hydrogen-bond donors (Lipinski definition) is 2. The Labute approximate surface area is 123 Å². The van der Waals surface area contributed by atoms with Gasteiger partial charge in [-0.25, -0.2) is 0 Å². The van der Waals surface area contributed by atoms with E-state index in [1.54, 1.807) is 12.1 Å². The van der Waals surface area contributed by atoms with Crippen molar-refractivity contribution in [1.82, 2.24) is 5.32 Å². The Morgan fingerprint density at radius 2 is 1.71 bits per heavy atom. The van der Waals surface area contributed by atoms with E-state index >= 15 is 0 Å². The molecule has 0 amide bonds. The van der Waals surface area contributed by atoms with Gasteiger partial charge in [-0.2, -0.15) is 0 Å². The van der Waals surface area contributed by atoms with Gasteiger partial charge < -0.3 is 10.4 Å². The summed E-state index contributed by atoms with van der Waals surface area (Å²) in [7, 11) is 0. The highest BCUT2D eigenvalue weighted by Gasteiger charge is 2.06. The van der Waals surface area contributed by atoms with E-state index in [-0.39, 0.29) is 5.69 Å². The molecule has 0 aliphatic carbocycles. The Morgan fingerprint density at radius 1 is 1.10 bits per heavy atom. The van der Waals surface area contributed by atoms with E-state index in [0.717, 1.165) is 22.3 Å². The Morgan fingerprint density at radius 3 is 2.33 bits per heavy atom. The highest BCUT2D eigenvalue weighted by molar-refractivity contribution is 5.42. The van der Waals surface area contributed by atoms with Crippen molar-refractivity contribution >= 4 is 5.69 Å². The van der Waals surface area contributed by atoms with E-state index in [1.807, 2.05) is 32.0 Å². The first kappa shape index (κ1) is 15.0. The van der Waals surface area contributed by atoms with E-state index < -0.39 is 4.92 Å². The second-order valence-electron chi connectivity index (χ2n) is 5.11. The van der Waals surface area contributed by atoms with Crippen LogP contribution in [0.2, 0.25) is 0 Å². The summed E-state index contributed by atoms with van der Waals surface area (Å²) in [4.78, 5) is 10.3. The molecule has 110 valence electrons. The van der Waals surface area contributed by atoms with Crippen LogP contribution in [0.25, 0.3) is 0 Å². The molecule has 0 atom stereocenters. The molecule has 21 heavy (non-hydrogen) atoms. The molecule has 0 spiro atoms. The first-order valence-corrected chi connectivity index (χ1v) is 6.70. The van der Waals surface area contributed by atoms with Crippen LogP contribution < -0.4 is 5.32 Å². The van der Waals surface area contributed by atoms with Crippen LogP contribution in [0.5, 0.6) is 5.75 Å². The highest BCUT2D eigenvalue weighted by atomic mass is 16.6. The van der Waals surface area contributed by atoms with Crippen LogP contribution in [0.1, 0.15) is 22.3 Å². The molecule has 0 unspecified atom stereocenters. The van der Waals surface area contributed by atoms with E-state index in [0.29, 0.717) is 18.8 Å². The van der Waals surface area contributed by atoms with Crippen LogP contribution in [0.15, 0.2) is 36.4 Å². The predicted molar refractivity (Wildman–Crippen MR) is 81.2 cm³/mol. The Bertz CT molecular complexity index is 645. The first-order valence-electron chi connectivity index (χ1n) is 6.70. The summed E-state index contributed by atoms with van der Waals surface area (Å²) in [5.74, 6) is 0.331. The number of phenolic OH excluding ortho intramolecular Hbond substituents is 1. The minimum atomic E-state index is -0.393. The zero-order valence-electron chi connectivity index (χ0n) is 12.1. The van der Waals surface area contributed by atoms with Gasteiger partial charge >= 0.3 is 0 Å².